The lowest BCUT2D eigenvalue weighted by Gasteiger charge is -2.47. The van der Waals surface area contributed by atoms with Gasteiger partial charge in [0, 0.05) is 31.1 Å². The van der Waals surface area contributed by atoms with Crippen LogP contribution >= 0.6 is 0 Å². The number of nitrogens with one attached hydrogen (secondary N) is 2. The summed E-state index contributed by atoms with van der Waals surface area (Å²) in [5.41, 5.74) is 0.300. The predicted molar refractivity (Wildman–Crippen MR) is 88.9 cm³/mol. The van der Waals surface area contributed by atoms with Gasteiger partial charge in [-0.15, -0.1) is 0 Å². The zero-order chi connectivity index (χ0) is 15.3. The average Bonchev–Trinajstić information content (AvgIpc) is 2.43. The average molecular weight is 291 g/mol. The second kappa shape index (κ2) is 7.07. The van der Waals surface area contributed by atoms with Crippen molar-refractivity contribution in [2.75, 3.05) is 37.8 Å². The van der Waals surface area contributed by atoms with Gasteiger partial charge in [0.2, 0.25) is 0 Å². The molecule has 1 aliphatic rings. The molecule has 1 heterocycles. The van der Waals surface area contributed by atoms with Crippen LogP contribution in [0.3, 0.4) is 0 Å². The zero-order valence-corrected chi connectivity index (χ0v) is 13.9. The number of likely N-dealkylation sites (N-methyl/N-ethyl adjacent to an activating group) is 1. The van der Waals surface area contributed by atoms with Crippen molar-refractivity contribution in [2.24, 2.45) is 0 Å². The Labute approximate surface area is 128 Å². The SMILES string of the molecule is CCCNc1cc(NCC2(N(C)C)CCC2)nc(CC)n1. The quantitative estimate of drug-likeness (QED) is 0.771. The summed E-state index contributed by atoms with van der Waals surface area (Å²) in [5, 5.41) is 6.88. The lowest BCUT2D eigenvalue weighted by Crippen LogP contribution is -2.54. The molecule has 0 saturated heterocycles. The Morgan fingerprint density at radius 3 is 2.29 bits per heavy atom. The van der Waals surface area contributed by atoms with Crippen molar-refractivity contribution in [3.8, 4) is 0 Å². The Balaban J connectivity index is 2.04. The zero-order valence-electron chi connectivity index (χ0n) is 13.9. The third-order valence-corrected chi connectivity index (χ3v) is 4.48. The first-order valence-corrected chi connectivity index (χ1v) is 8.13. The summed E-state index contributed by atoms with van der Waals surface area (Å²) < 4.78 is 0. The molecule has 0 aliphatic heterocycles. The fraction of sp³-hybridized carbons (Fsp3) is 0.750. The fourth-order valence-electron chi connectivity index (χ4n) is 2.71. The second-order valence-corrected chi connectivity index (χ2v) is 6.16. The van der Waals surface area contributed by atoms with E-state index in [1.54, 1.807) is 0 Å². The maximum absolute atomic E-state index is 4.60. The van der Waals surface area contributed by atoms with E-state index < -0.39 is 0 Å². The highest BCUT2D eigenvalue weighted by Crippen LogP contribution is 2.36. The van der Waals surface area contributed by atoms with Crippen LogP contribution in [0.25, 0.3) is 0 Å². The van der Waals surface area contributed by atoms with E-state index in [1.807, 2.05) is 6.07 Å². The van der Waals surface area contributed by atoms with Gasteiger partial charge in [0.1, 0.15) is 17.5 Å². The molecule has 1 fully saturated rings. The van der Waals surface area contributed by atoms with Gasteiger partial charge in [-0.25, -0.2) is 9.97 Å². The number of hydrogen-bond donors (Lipinski definition) is 2. The smallest absolute Gasteiger partial charge is 0.132 e. The lowest BCUT2D eigenvalue weighted by atomic mass is 9.75. The second-order valence-electron chi connectivity index (χ2n) is 6.16. The highest BCUT2D eigenvalue weighted by atomic mass is 15.2. The molecule has 0 spiro atoms. The van der Waals surface area contributed by atoms with Crippen LogP contribution in [0, 0.1) is 0 Å². The molecule has 118 valence electrons. The van der Waals surface area contributed by atoms with Crippen LogP contribution in [0.1, 0.15) is 45.4 Å². The number of rotatable bonds is 8. The molecule has 21 heavy (non-hydrogen) atoms. The molecule has 2 N–H and O–H groups in total. The van der Waals surface area contributed by atoms with E-state index in [4.69, 9.17) is 0 Å². The first kappa shape index (κ1) is 16.0. The van der Waals surface area contributed by atoms with Gasteiger partial charge in [-0.3, -0.25) is 0 Å². The number of aromatic nitrogens is 2. The predicted octanol–water partition coefficient (Wildman–Crippen LogP) is 2.76. The maximum Gasteiger partial charge on any atom is 0.132 e. The van der Waals surface area contributed by atoms with Crippen molar-refractivity contribution >= 4 is 11.6 Å². The van der Waals surface area contributed by atoms with Gasteiger partial charge in [-0.05, 0) is 39.8 Å². The molecule has 0 amide bonds. The van der Waals surface area contributed by atoms with Crippen molar-refractivity contribution in [3.05, 3.63) is 11.9 Å². The van der Waals surface area contributed by atoms with E-state index in [2.05, 4.69) is 53.4 Å². The van der Waals surface area contributed by atoms with Crippen molar-refractivity contribution in [3.63, 3.8) is 0 Å². The molecule has 0 aromatic carbocycles. The maximum atomic E-state index is 4.60. The third-order valence-electron chi connectivity index (χ3n) is 4.48. The summed E-state index contributed by atoms with van der Waals surface area (Å²) in [7, 11) is 4.35. The molecule has 1 aromatic heterocycles. The minimum Gasteiger partial charge on any atom is -0.370 e. The number of aryl methyl sites for hydroxylation is 1. The summed E-state index contributed by atoms with van der Waals surface area (Å²) in [6.45, 7) is 6.15. The summed E-state index contributed by atoms with van der Waals surface area (Å²) in [6, 6.07) is 2.02. The van der Waals surface area contributed by atoms with Crippen LogP contribution in [0.5, 0.6) is 0 Å². The Kier molecular flexibility index (Phi) is 5.39. The molecule has 0 atom stereocenters. The Hall–Kier alpha value is -1.36. The van der Waals surface area contributed by atoms with Crippen LogP contribution in [-0.4, -0.2) is 47.6 Å². The van der Waals surface area contributed by atoms with E-state index in [-0.39, 0.29) is 0 Å². The van der Waals surface area contributed by atoms with Gasteiger partial charge >= 0.3 is 0 Å². The minimum absolute atomic E-state index is 0.300. The number of hydrogen-bond acceptors (Lipinski definition) is 5. The normalized spacial score (nSPS) is 16.6. The van der Waals surface area contributed by atoms with Gasteiger partial charge in [0.05, 0.1) is 0 Å². The van der Waals surface area contributed by atoms with Crippen molar-refractivity contribution in [1.29, 1.82) is 0 Å². The van der Waals surface area contributed by atoms with Gasteiger partial charge < -0.3 is 15.5 Å². The number of nitrogens with zero attached hydrogens (tertiary/aromatic N) is 3. The molecule has 1 aromatic rings. The van der Waals surface area contributed by atoms with Gasteiger partial charge in [0.15, 0.2) is 0 Å². The minimum atomic E-state index is 0.300. The molecule has 1 saturated carbocycles. The highest BCUT2D eigenvalue weighted by molar-refractivity contribution is 5.48. The van der Waals surface area contributed by atoms with Crippen LogP contribution in [-0.2, 0) is 6.42 Å². The van der Waals surface area contributed by atoms with Gasteiger partial charge in [0.25, 0.3) is 0 Å². The lowest BCUT2D eigenvalue weighted by molar-refractivity contribution is 0.0738. The van der Waals surface area contributed by atoms with E-state index in [0.29, 0.717) is 5.54 Å². The summed E-state index contributed by atoms with van der Waals surface area (Å²) in [6.07, 6.45) is 5.81. The first-order valence-electron chi connectivity index (χ1n) is 8.13. The van der Waals surface area contributed by atoms with E-state index in [9.17, 15) is 0 Å². The van der Waals surface area contributed by atoms with Crippen LogP contribution in [0.2, 0.25) is 0 Å². The molecule has 0 radical (unpaired) electrons. The van der Waals surface area contributed by atoms with E-state index >= 15 is 0 Å². The van der Waals surface area contributed by atoms with Crippen molar-refractivity contribution in [2.45, 2.75) is 51.5 Å². The monoisotopic (exact) mass is 291 g/mol. The largest absolute Gasteiger partial charge is 0.370 e. The van der Waals surface area contributed by atoms with Gasteiger partial charge in [-0.1, -0.05) is 13.8 Å². The van der Waals surface area contributed by atoms with Gasteiger partial charge in [-0.2, -0.15) is 0 Å². The summed E-state index contributed by atoms with van der Waals surface area (Å²) >= 11 is 0. The molecule has 0 unspecified atom stereocenters. The Bertz CT molecular complexity index is 454. The Morgan fingerprint density at radius 2 is 1.81 bits per heavy atom. The molecular formula is C16H29N5. The van der Waals surface area contributed by atoms with Crippen molar-refractivity contribution < 1.29 is 0 Å². The molecule has 1 aliphatic carbocycles. The summed E-state index contributed by atoms with van der Waals surface area (Å²) in [4.78, 5) is 11.5. The Morgan fingerprint density at radius 1 is 1.14 bits per heavy atom. The first-order chi connectivity index (χ1) is 10.1. The van der Waals surface area contributed by atoms with Crippen molar-refractivity contribution in [1.82, 2.24) is 14.9 Å². The third kappa shape index (κ3) is 3.84. The molecule has 5 heteroatoms. The number of anilines is 2. The highest BCUT2D eigenvalue weighted by Gasteiger charge is 2.38. The van der Waals surface area contributed by atoms with Crippen LogP contribution in [0.15, 0.2) is 6.07 Å². The van der Waals surface area contributed by atoms with E-state index in [0.717, 1.165) is 43.4 Å². The standard InChI is InChI=1S/C16H29N5/c1-5-10-17-14-11-15(20-13(6-2)19-14)18-12-16(21(3)4)8-7-9-16/h11H,5-10,12H2,1-4H3,(H2,17,18,19,20). The fourth-order valence-corrected chi connectivity index (χ4v) is 2.71. The molecule has 0 bridgehead atoms. The molecular weight excluding hydrogens is 262 g/mol. The molecule has 5 nitrogen and oxygen atoms in total. The van der Waals surface area contributed by atoms with E-state index in [1.165, 1.54) is 19.3 Å². The van der Waals surface area contributed by atoms with Crippen LogP contribution in [0.4, 0.5) is 11.6 Å². The van der Waals surface area contributed by atoms with Crippen LogP contribution < -0.4 is 10.6 Å². The topological polar surface area (TPSA) is 53.1 Å². The summed E-state index contributed by atoms with van der Waals surface area (Å²) in [5.74, 6) is 2.76. The molecule has 2 rings (SSSR count).